The van der Waals surface area contributed by atoms with Crippen molar-refractivity contribution in [2.45, 2.75) is 0 Å². The van der Waals surface area contributed by atoms with Crippen molar-refractivity contribution in [3.63, 3.8) is 0 Å². The summed E-state index contributed by atoms with van der Waals surface area (Å²) < 4.78 is 9.69. The predicted octanol–water partition coefficient (Wildman–Crippen LogP) is 0.901. The molecule has 14 heavy (non-hydrogen) atoms. The van der Waals surface area contributed by atoms with Gasteiger partial charge in [0, 0.05) is 6.07 Å². The van der Waals surface area contributed by atoms with E-state index in [1.165, 1.54) is 7.11 Å². The molecule has 0 saturated heterocycles. The SMILES string of the molecule is COc1cccc(OC(=O)C=[N+]=[N-])c1. The number of esters is 1. The molecule has 0 saturated carbocycles. The summed E-state index contributed by atoms with van der Waals surface area (Å²) in [7, 11) is 1.51. The van der Waals surface area contributed by atoms with Crippen LogP contribution in [0.15, 0.2) is 24.3 Å². The van der Waals surface area contributed by atoms with Crippen molar-refractivity contribution in [2.75, 3.05) is 7.11 Å². The molecule has 0 aliphatic heterocycles. The molecule has 0 N–H and O–H groups in total. The van der Waals surface area contributed by atoms with Gasteiger partial charge in [0.05, 0.1) is 7.11 Å². The Hall–Kier alpha value is -2.13. The standard InChI is InChI=1S/C9H8N2O3/c1-13-7-3-2-4-8(5-7)14-9(12)6-11-10/h2-6H,1H3. The van der Waals surface area contributed by atoms with Gasteiger partial charge in [-0.1, -0.05) is 6.07 Å². The highest BCUT2D eigenvalue weighted by atomic mass is 16.5. The van der Waals surface area contributed by atoms with Crippen LogP contribution in [-0.4, -0.2) is 24.1 Å². The molecule has 0 amide bonds. The number of rotatable bonds is 3. The highest BCUT2D eigenvalue weighted by molar-refractivity contribution is 6.21. The second-order valence-corrected chi connectivity index (χ2v) is 2.34. The lowest BCUT2D eigenvalue weighted by Crippen LogP contribution is -2.09. The van der Waals surface area contributed by atoms with Crippen molar-refractivity contribution in [3.8, 4) is 11.5 Å². The molecule has 5 nitrogen and oxygen atoms in total. The Morgan fingerprint density at radius 1 is 1.50 bits per heavy atom. The highest BCUT2D eigenvalue weighted by Crippen LogP contribution is 2.18. The molecular formula is C9H8N2O3. The predicted molar refractivity (Wildman–Crippen MR) is 48.3 cm³/mol. The molecule has 5 heteroatoms. The molecule has 0 unspecified atom stereocenters. The van der Waals surface area contributed by atoms with E-state index in [1.807, 2.05) is 0 Å². The van der Waals surface area contributed by atoms with Gasteiger partial charge in [0.15, 0.2) is 0 Å². The Morgan fingerprint density at radius 2 is 2.21 bits per heavy atom. The normalized spacial score (nSPS) is 8.64. The summed E-state index contributed by atoms with van der Waals surface area (Å²) in [5.74, 6) is 0.159. The van der Waals surface area contributed by atoms with E-state index in [0.717, 1.165) is 0 Å². The maximum Gasteiger partial charge on any atom is 0.419 e. The quantitative estimate of drug-likeness (QED) is 0.235. The number of carbonyl (C=O) groups is 1. The van der Waals surface area contributed by atoms with Crippen LogP contribution in [0.1, 0.15) is 0 Å². The van der Waals surface area contributed by atoms with Gasteiger partial charge in [0.1, 0.15) is 11.5 Å². The molecule has 72 valence electrons. The van der Waals surface area contributed by atoms with Gasteiger partial charge in [-0.25, -0.2) is 4.79 Å². The van der Waals surface area contributed by atoms with Crippen molar-refractivity contribution in [1.82, 2.24) is 0 Å². The minimum absolute atomic E-state index is 0.328. The third kappa shape index (κ3) is 2.73. The van der Waals surface area contributed by atoms with Gasteiger partial charge >= 0.3 is 12.2 Å². The summed E-state index contributed by atoms with van der Waals surface area (Å²) in [5, 5.41) is 0. The molecular weight excluding hydrogens is 184 g/mol. The molecule has 0 aromatic heterocycles. The number of carbonyl (C=O) groups excluding carboxylic acids is 1. The summed E-state index contributed by atoms with van der Waals surface area (Å²) >= 11 is 0. The molecule has 1 aromatic rings. The largest absolute Gasteiger partial charge is 0.497 e. The summed E-state index contributed by atoms with van der Waals surface area (Å²) in [6.45, 7) is 0. The highest BCUT2D eigenvalue weighted by Gasteiger charge is 2.05. The zero-order valence-corrected chi connectivity index (χ0v) is 7.51. The van der Waals surface area contributed by atoms with Gasteiger partial charge in [-0.05, 0) is 12.1 Å². The van der Waals surface area contributed by atoms with Gasteiger partial charge < -0.3 is 15.0 Å². The zero-order valence-electron chi connectivity index (χ0n) is 7.51. The topological polar surface area (TPSA) is 71.9 Å². The Balaban J connectivity index is 2.76. The smallest absolute Gasteiger partial charge is 0.419 e. The van der Waals surface area contributed by atoms with Crippen LogP contribution in [-0.2, 0) is 4.79 Å². The molecule has 0 bridgehead atoms. The van der Waals surface area contributed by atoms with E-state index in [1.54, 1.807) is 24.3 Å². The number of ether oxygens (including phenoxy) is 2. The van der Waals surface area contributed by atoms with Crippen LogP contribution < -0.4 is 9.47 Å². The summed E-state index contributed by atoms with van der Waals surface area (Å²) in [6, 6.07) is 6.53. The van der Waals surface area contributed by atoms with Gasteiger partial charge in [-0.3, -0.25) is 0 Å². The van der Waals surface area contributed by atoms with Crippen LogP contribution in [0, 0.1) is 0 Å². The fourth-order valence-corrected chi connectivity index (χ4v) is 0.854. The van der Waals surface area contributed by atoms with E-state index >= 15 is 0 Å². The third-order valence-corrected chi connectivity index (χ3v) is 1.42. The van der Waals surface area contributed by atoms with Crippen molar-refractivity contribution in [2.24, 2.45) is 0 Å². The van der Waals surface area contributed by atoms with Crippen LogP contribution in [0.5, 0.6) is 11.5 Å². The maximum atomic E-state index is 10.8. The summed E-state index contributed by atoms with van der Waals surface area (Å²) in [6.07, 6.45) is 0.666. The molecule has 0 heterocycles. The van der Waals surface area contributed by atoms with Crippen LogP contribution in [0.2, 0.25) is 0 Å². The Kier molecular flexibility index (Phi) is 3.41. The molecule has 0 aliphatic rings. The molecule has 0 radical (unpaired) electrons. The first kappa shape index (κ1) is 9.95. The first-order valence-corrected chi connectivity index (χ1v) is 3.79. The molecule has 1 rings (SSSR count). The van der Waals surface area contributed by atoms with Crippen LogP contribution >= 0.6 is 0 Å². The van der Waals surface area contributed by atoms with Crippen LogP contribution in [0.25, 0.3) is 5.53 Å². The maximum absolute atomic E-state index is 10.8. The minimum atomic E-state index is -0.749. The van der Waals surface area contributed by atoms with E-state index in [4.69, 9.17) is 15.0 Å². The number of hydrogen-bond donors (Lipinski definition) is 0. The van der Waals surface area contributed by atoms with Crippen LogP contribution in [0.3, 0.4) is 0 Å². The first-order chi connectivity index (χ1) is 6.76. The van der Waals surface area contributed by atoms with Crippen molar-refractivity contribution in [3.05, 3.63) is 29.8 Å². The Bertz CT molecular complexity index is 383. The summed E-state index contributed by atoms with van der Waals surface area (Å²) in [5.41, 5.74) is 8.06. The van der Waals surface area contributed by atoms with Crippen molar-refractivity contribution >= 4 is 12.2 Å². The van der Waals surface area contributed by atoms with Crippen molar-refractivity contribution in [1.29, 1.82) is 0 Å². The first-order valence-electron chi connectivity index (χ1n) is 3.79. The van der Waals surface area contributed by atoms with Gasteiger partial charge in [-0.2, -0.15) is 4.79 Å². The van der Waals surface area contributed by atoms with Gasteiger partial charge in [0.2, 0.25) is 0 Å². The molecule has 0 fully saturated rings. The van der Waals surface area contributed by atoms with E-state index in [-0.39, 0.29) is 0 Å². The lowest BCUT2D eigenvalue weighted by atomic mass is 10.3. The second kappa shape index (κ2) is 4.79. The van der Waals surface area contributed by atoms with E-state index in [2.05, 4.69) is 4.79 Å². The molecule has 0 spiro atoms. The second-order valence-electron chi connectivity index (χ2n) is 2.34. The number of hydrogen-bond acceptors (Lipinski definition) is 3. The van der Waals surface area contributed by atoms with E-state index in [9.17, 15) is 4.79 Å². The minimum Gasteiger partial charge on any atom is -0.497 e. The fourth-order valence-electron chi connectivity index (χ4n) is 0.854. The third-order valence-electron chi connectivity index (χ3n) is 1.42. The average Bonchev–Trinajstić information content (AvgIpc) is 2.18. The fraction of sp³-hybridized carbons (Fsp3) is 0.111. The van der Waals surface area contributed by atoms with Crippen LogP contribution in [0.4, 0.5) is 0 Å². The monoisotopic (exact) mass is 192 g/mol. The van der Waals surface area contributed by atoms with Gasteiger partial charge in [-0.15, -0.1) is 0 Å². The molecule has 0 aliphatic carbocycles. The van der Waals surface area contributed by atoms with E-state index in [0.29, 0.717) is 17.7 Å². The van der Waals surface area contributed by atoms with Crippen molar-refractivity contribution < 1.29 is 19.1 Å². The summed E-state index contributed by atoms with van der Waals surface area (Å²) in [4.78, 5) is 13.4. The molecule has 0 atom stereocenters. The zero-order chi connectivity index (χ0) is 10.4. The Morgan fingerprint density at radius 3 is 2.86 bits per heavy atom. The lowest BCUT2D eigenvalue weighted by Gasteiger charge is -2.01. The van der Waals surface area contributed by atoms with E-state index < -0.39 is 5.97 Å². The Labute approximate surface area is 80.5 Å². The lowest BCUT2D eigenvalue weighted by molar-refractivity contribution is -0.130. The average molecular weight is 192 g/mol. The number of benzene rings is 1. The number of nitrogens with zero attached hydrogens (tertiary/aromatic N) is 2. The van der Waals surface area contributed by atoms with Gasteiger partial charge in [0.25, 0.3) is 0 Å². The molecule has 1 aromatic carbocycles. The number of methoxy groups -OCH3 is 1.